The lowest BCUT2D eigenvalue weighted by Crippen LogP contribution is -2.17. The molecule has 0 bridgehead atoms. The van der Waals surface area contributed by atoms with E-state index in [-0.39, 0.29) is 22.7 Å². The van der Waals surface area contributed by atoms with Crippen LogP contribution in [0.5, 0.6) is 5.75 Å². The number of fused-ring (bicyclic) bond motifs is 1. The number of hydrogen-bond acceptors (Lipinski definition) is 6. The van der Waals surface area contributed by atoms with Gasteiger partial charge in [-0.15, -0.1) is 0 Å². The highest BCUT2D eigenvalue weighted by Crippen LogP contribution is 2.29. The molecule has 2 unspecified atom stereocenters. The Kier molecular flexibility index (Phi) is 8.81. The van der Waals surface area contributed by atoms with Gasteiger partial charge in [-0.1, -0.05) is 6.92 Å². The van der Waals surface area contributed by atoms with Gasteiger partial charge in [0.05, 0.1) is 28.0 Å². The molecule has 14 heteroatoms. The number of rotatable bonds is 6. The first-order valence-corrected chi connectivity index (χ1v) is 11.0. The van der Waals surface area contributed by atoms with E-state index in [4.69, 9.17) is 4.74 Å². The number of nitrogens with zero attached hydrogens (tertiary/aromatic N) is 4. The van der Waals surface area contributed by atoms with E-state index >= 15 is 0 Å². The summed E-state index contributed by atoms with van der Waals surface area (Å²) in [6, 6.07) is 2.62. The quantitative estimate of drug-likeness (QED) is 0.488. The maximum Gasteiger partial charge on any atom is 0.477 e. The summed E-state index contributed by atoms with van der Waals surface area (Å²) in [5.41, 5.74) is -4.18. The molecule has 3 heterocycles. The van der Waals surface area contributed by atoms with Gasteiger partial charge in [-0.05, 0) is 13.8 Å². The number of alkyl halides is 3. The highest BCUT2D eigenvalue weighted by atomic mass is 32.2. The molecule has 172 valence electrons. The molecule has 31 heavy (non-hydrogen) atoms. The molecule has 0 aromatic carbocycles. The summed E-state index contributed by atoms with van der Waals surface area (Å²) in [5, 5.41) is -0.645. The number of pyridine rings is 1. The van der Waals surface area contributed by atoms with E-state index in [1.54, 1.807) is 13.0 Å². The van der Waals surface area contributed by atoms with Crippen LogP contribution in [0.4, 0.5) is 13.2 Å². The zero-order chi connectivity index (χ0) is 21.3. The van der Waals surface area contributed by atoms with Gasteiger partial charge in [0.15, 0.2) is 10.8 Å². The Hall–Kier alpha value is -2.42. The Labute approximate surface area is 180 Å². The molecule has 0 spiro atoms. The summed E-state index contributed by atoms with van der Waals surface area (Å²) in [6.07, 6.45) is 3.97. The van der Waals surface area contributed by atoms with Crippen LogP contribution in [-0.4, -0.2) is 56.1 Å². The van der Waals surface area contributed by atoms with Crippen molar-refractivity contribution in [2.24, 2.45) is 0 Å². The molecule has 0 fully saturated rings. The first-order valence-electron chi connectivity index (χ1n) is 8.49. The van der Waals surface area contributed by atoms with Gasteiger partial charge < -0.3 is 15.7 Å². The fourth-order valence-electron chi connectivity index (χ4n) is 2.49. The van der Waals surface area contributed by atoms with E-state index < -0.39 is 32.1 Å². The minimum Gasteiger partial charge on any atom is -0.489 e. The third kappa shape index (κ3) is 5.84. The van der Waals surface area contributed by atoms with Gasteiger partial charge in [0.1, 0.15) is 34.1 Å². The van der Waals surface area contributed by atoms with Gasteiger partial charge in [0.2, 0.25) is 0 Å². The second kappa shape index (κ2) is 10.3. The molecule has 0 aliphatic rings. The maximum atomic E-state index is 12.7. The minimum absolute atomic E-state index is 0. The van der Waals surface area contributed by atoms with Crippen molar-refractivity contribution in [1.29, 1.82) is 0 Å². The minimum atomic E-state index is -4.92. The predicted octanol–water partition coefficient (Wildman–Crippen LogP) is 1.68. The summed E-state index contributed by atoms with van der Waals surface area (Å²) in [4.78, 5) is 12.6. The molecule has 0 saturated heterocycles. The Morgan fingerprint density at radius 1 is 1.16 bits per heavy atom. The van der Waals surface area contributed by atoms with Crippen molar-refractivity contribution in [1.82, 2.24) is 19.4 Å². The van der Waals surface area contributed by atoms with Crippen LogP contribution in [0, 0.1) is 0 Å². The maximum absolute atomic E-state index is 12.7. The summed E-state index contributed by atoms with van der Waals surface area (Å²) < 4.78 is 69.1. The van der Waals surface area contributed by atoms with E-state index in [2.05, 4.69) is 15.0 Å². The third-order valence-electron chi connectivity index (χ3n) is 3.67. The van der Waals surface area contributed by atoms with Crippen molar-refractivity contribution in [3.8, 4) is 17.1 Å². The normalized spacial score (nSPS) is 13.4. The molecule has 3 aromatic rings. The molecule has 0 aliphatic heterocycles. The van der Waals surface area contributed by atoms with Crippen molar-refractivity contribution >= 4 is 27.2 Å². The van der Waals surface area contributed by atoms with Gasteiger partial charge in [0.25, 0.3) is 0 Å². The number of halogens is 3. The molecule has 0 saturated carbocycles. The Morgan fingerprint density at radius 3 is 2.42 bits per heavy atom. The van der Waals surface area contributed by atoms with E-state index in [9.17, 15) is 21.6 Å². The third-order valence-corrected chi connectivity index (χ3v) is 6.02. The van der Waals surface area contributed by atoms with E-state index in [1.807, 2.05) is 13.8 Å². The van der Waals surface area contributed by atoms with Crippen LogP contribution in [0.25, 0.3) is 17.0 Å². The monoisotopic (exact) mass is 482 g/mol. The van der Waals surface area contributed by atoms with Gasteiger partial charge in [-0.2, -0.15) is 13.2 Å². The van der Waals surface area contributed by atoms with Crippen LogP contribution < -0.4 is 4.74 Å². The fraction of sp³-hybridized carbons (Fsp3) is 0.353. The van der Waals surface area contributed by atoms with Gasteiger partial charge in [0, 0.05) is 24.1 Å². The van der Waals surface area contributed by atoms with Crippen LogP contribution in [0.1, 0.15) is 20.8 Å². The molecule has 0 radical (unpaired) electrons. The van der Waals surface area contributed by atoms with Crippen molar-refractivity contribution in [3.05, 3.63) is 30.9 Å². The average molecular weight is 483 g/mol. The van der Waals surface area contributed by atoms with E-state index in [1.165, 1.54) is 16.8 Å². The van der Waals surface area contributed by atoms with Gasteiger partial charge in [-0.3, -0.25) is 8.61 Å². The summed E-state index contributed by atoms with van der Waals surface area (Å²) in [5.74, 6) is 0.789. The standard InChI is InChI=1S/C17H17F3N4O3S2.2H2O/c1-4-28(25)13-5-11(27-10(2)3)7-21-16(13)12-8-24-9-22-15(6-14(24)23-12)29(26)17(18,19)20;;/h5-10H,4H2,1-3H3;2*1H2. The zero-order valence-electron chi connectivity index (χ0n) is 16.6. The molecule has 0 aliphatic carbocycles. The van der Waals surface area contributed by atoms with Gasteiger partial charge >= 0.3 is 5.51 Å². The van der Waals surface area contributed by atoms with E-state index in [0.717, 1.165) is 12.4 Å². The van der Waals surface area contributed by atoms with E-state index in [0.29, 0.717) is 27.8 Å². The number of aromatic nitrogens is 4. The fourth-order valence-corrected chi connectivity index (χ4v) is 4.02. The molecular formula is C17H21F3N4O5S2. The second-order valence-corrected chi connectivity index (χ2v) is 9.28. The molecule has 0 amide bonds. The topological polar surface area (TPSA) is 149 Å². The Morgan fingerprint density at radius 2 is 1.84 bits per heavy atom. The van der Waals surface area contributed by atoms with Crippen molar-refractivity contribution in [2.75, 3.05) is 5.75 Å². The molecule has 9 nitrogen and oxygen atoms in total. The summed E-state index contributed by atoms with van der Waals surface area (Å²) >= 11 is 0. The van der Waals surface area contributed by atoms with Crippen molar-refractivity contribution in [2.45, 2.75) is 42.3 Å². The number of hydrogen-bond donors (Lipinski definition) is 0. The zero-order valence-corrected chi connectivity index (χ0v) is 18.3. The molecule has 2 atom stereocenters. The lowest BCUT2D eigenvalue weighted by molar-refractivity contribution is -0.0386. The lowest BCUT2D eigenvalue weighted by Gasteiger charge is -2.12. The number of ether oxygens (including phenoxy) is 1. The van der Waals surface area contributed by atoms with Crippen LogP contribution in [0.2, 0.25) is 0 Å². The Balaban J connectivity index is 0.00000240. The largest absolute Gasteiger partial charge is 0.489 e. The smallest absolute Gasteiger partial charge is 0.477 e. The predicted molar refractivity (Wildman–Crippen MR) is 109 cm³/mol. The van der Waals surface area contributed by atoms with Crippen LogP contribution in [0.15, 0.2) is 40.8 Å². The van der Waals surface area contributed by atoms with Crippen LogP contribution in [0.3, 0.4) is 0 Å². The first kappa shape index (κ1) is 26.6. The SMILES string of the molecule is CCS(=O)c1cc(OC(C)C)cnc1-c1cn2cnc(S(=O)C(F)(F)F)cc2n1.O.O. The van der Waals surface area contributed by atoms with Crippen molar-refractivity contribution in [3.63, 3.8) is 0 Å². The van der Waals surface area contributed by atoms with Crippen molar-refractivity contribution < 1.29 is 37.3 Å². The summed E-state index contributed by atoms with van der Waals surface area (Å²) in [6.45, 7) is 5.45. The average Bonchev–Trinajstić information content (AvgIpc) is 3.08. The van der Waals surface area contributed by atoms with Crippen LogP contribution >= 0.6 is 0 Å². The summed E-state index contributed by atoms with van der Waals surface area (Å²) in [7, 11) is -4.64. The highest BCUT2D eigenvalue weighted by Gasteiger charge is 2.39. The first-order chi connectivity index (χ1) is 13.6. The lowest BCUT2D eigenvalue weighted by atomic mass is 10.3. The highest BCUT2D eigenvalue weighted by molar-refractivity contribution is 7.85. The molecule has 3 aromatic heterocycles. The Bertz CT molecular complexity index is 1110. The molecular weight excluding hydrogens is 461 g/mol. The van der Waals surface area contributed by atoms with Gasteiger partial charge in [-0.25, -0.2) is 19.2 Å². The molecule has 3 rings (SSSR count). The molecule has 4 N–H and O–H groups in total. The van der Waals surface area contributed by atoms with Crippen LogP contribution in [-0.2, 0) is 21.6 Å². The second-order valence-electron chi connectivity index (χ2n) is 6.15. The number of imidazole rings is 1.